The van der Waals surface area contributed by atoms with Crippen LogP contribution in [0.4, 0.5) is 11.4 Å². The second-order valence-electron chi connectivity index (χ2n) is 14.0. The van der Waals surface area contributed by atoms with Crippen LogP contribution in [0, 0.1) is 28.9 Å². The van der Waals surface area contributed by atoms with E-state index in [1.807, 2.05) is 60.7 Å². The molecule has 5 aliphatic rings. The zero-order valence-electron chi connectivity index (χ0n) is 29.4. The van der Waals surface area contributed by atoms with E-state index in [-0.39, 0.29) is 44.9 Å². The molecule has 4 aromatic carbocycles. The highest BCUT2D eigenvalue weighted by molar-refractivity contribution is 7.07. The largest absolute Gasteiger partial charge is 0.463 e. The number of esters is 1. The van der Waals surface area contributed by atoms with Crippen molar-refractivity contribution in [3.63, 3.8) is 0 Å². The Balaban J connectivity index is 1.34. The van der Waals surface area contributed by atoms with Gasteiger partial charge in [-0.2, -0.15) is 0 Å². The second kappa shape index (κ2) is 12.1. The molecule has 1 saturated heterocycles. The fourth-order valence-electron chi connectivity index (χ4n) is 9.21. The first kappa shape index (κ1) is 33.6. The third-order valence-corrected chi connectivity index (χ3v) is 12.3. The third kappa shape index (κ3) is 4.49. The van der Waals surface area contributed by atoms with Gasteiger partial charge in [0.15, 0.2) is 4.80 Å². The Hall–Kier alpha value is -6.27. The number of nitro benzene ring substituents is 1. The number of imide groups is 1. The monoisotopic (exact) mass is 736 g/mol. The van der Waals surface area contributed by atoms with Crippen molar-refractivity contribution in [1.29, 1.82) is 0 Å². The van der Waals surface area contributed by atoms with Crippen LogP contribution in [0.5, 0.6) is 0 Å². The molecular weight excluding hydrogens is 705 g/mol. The normalized spacial score (nSPS) is 23.8. The van der Waals surface area contributed by atoms with Crippen molar-refractivity contribution in [3.05, 3.63) is 172 Å². The Morgan fingerprint density at radius 3 is 2.22 bits per heavy atom. The summed E-state index contributed by atoms with van der Waals surface area (Å²) in [5.74, 6) is -3.31. The van der Waals surface area contributed by atoms with E-state index in [2.05, 4.69) is 0 Å². The van der Waals surface area contributed by atoms with E-state index in [0.29, 0.717) is 22.5 Å². The van der Waals surface area contributed by atoms with Gasteiger partial charge >= 0.3 is 5.97 Å². The van der Waals surface area contributed by atoms with Gasteiger partial charge in [-0.15, -0.1) is 0 Å². The first-order valence-corrected chi connectivity index (χ1v) is 18.5. The minimum atomic E-state index is -1.24. The molecule has 2 amide bonds. The topological polar surface area (TPSA) is 141 Å². The minimum Gasteiger partial charge on any atom is -0.463 e. The van der Waals surface area contributed by atoms with Crippen molar-refractivity contribution in [1.82, 2.24) is 4.57 Å². The van der Waals surface area contributed by atoms with Crippen molar-refractivity contribution < 1.29 is 24.0 Å². The number of benzene rings is 4. The number of fused-ring (bicyclic) bond motifs is 1. The molecular formula is C42H32N4O7S. The number of nitrogens with zero attached hydrogens (tertiary/aromatic N) is 4. The fourth-order valence-corrected chi connectivity index (χ4v) is 10.3. The molecule has 1 aromatic heterocycles. The Labute approximate surface area is 312 Å². The summed E-state index contributed by atoms with van der Waals surface area (Å²) in [7, 11) is 0. The summed E-state index contributed by atoms with van der Waals surface area (Å²) < 4.78 is 7.08. The zero-order chi connectivity index (χ0) is 37.6. The van der Waals surface area contributed by atoms with Crippen molar-refractivity contribution in [3.8, 4) is 0 Å². The second-order valence-corrected chi connectivity index (χ2v) is 15.0. The molecule has 0 spiro atoms. The molecule has 0 N–H and O–H groups in total. The fraction of sp³-hybridized carbons (Fsp3) is 0.214. The van der Waals surface area contributed by atoms with Crippen LogP contribution in [0.25, 0.3) is 6.08 Å². The number of allylic oxidation sites excluding steroid dienone is 1. The molecule has 0 radical (unpaired) electrons. The number of anilines is 1. The molecule has 2 aliphatic heterocycles. The molecule has 1 fully saturated rings. The van der Waals surface area contributed by atoms with Crippen LogP contribution in [0.3, 0.4) is 0 Å². The van der Waals surface area contributed by atoms with Gasteiger partial charge in [-0.25, -0.2) is 14.7 Å². The summed E-state index contributed by atoms with van der Waals surface area (Å²) in [6.45, 7) is 5.01. The van der Waals surface area contributed by atoms with Gasteiger partial charge in [0.25, 0.3) is 11.2 Å². The lowest BCUT2D eigenvalue weighted by molar-refractivity contribution is -0.385. The van der Waals surface area contributed by atoms with E-state index in [9.17, 15) is 24.5 Å². The quantitative estimate of drug-likeness (QED) is 0.101. The summed E-state index contributed by atoms with van der Waals surface area (Å²) in [6.07, 6.45) is 1.83. The number of aryl methyl sites for hydroxylation is 1. The van der Waals surface area contributed by atoms with Crippen LogP contribution in [-0.2, 0) is 24.5 Å². The Kier molecular flexibility index (Phi) is 7.54. The highest BCUT2D eigenvalue weighted by Crippen LogP contribution is 2.65. The van der Waals surface area contributed by atoms with Gasteiger partial charge in [0.05, 0.1) is 56.3 Å². The number of nitro groups is 1. The average Bonchev–Trinajstić information content (AvgIpc) is 3.62. The van der Waals surface area contributed by atoms with Gasteiger partial charge < -0.3 is 4.74 Å². The van der Waals surface area contributed by atoms with Gasteiger partial charge in [0.2, 0.25) is 11.8 Å². The predicted octanol–water partition coefficient (Wildman–Crippen LogP) is 5.22. The number of ether oxygens (including phenoxy) is 1. The van der Waals surface area contributed by atoms with Crippen molar-refractivity contribution >= 4 is 46.6 Å². The summed E-state index contributed by atoms with van der Waals surface area (Å²) in [4.78, 5) is 75.9. The average molecular weight is 737 g/mol. The molecule has 11 nitrogen and oxygen atoms in total. The third-order valence-electron chi connectivity index (χ3n) is 11.3. The van der Waals surface area contributed by atoms with Gasteiger partial charge in [-0.1, -0.05) is 90.2 Å². The van der Waals surface area contributed by atoms with E-state index in [4.69, 9.17) is 9.73 Å². The van der Waals surface area contributed by atoms with E-state index in [1.165, 1.54) is 15.5 Å². The standard InChI is InChI=1S/C42H32N4O7S/c1-4-53-40(50)32-23(3)43-41-45(36(32)24-19-18-22(2)30(20-24)46(51)52)37(47)31(54-41)21-42-28-16-10-8-14-26(28)33(27-15-9-11-17-29(27)42)34-35(42)39(49)44(38(34)48)25-12-6-5-7-13-25/h5-21,33-36H,4H2,1-3H3/b31-21+/t33?,34-,35+,36+,42?/m0/s1. The highest BCUT2D eigenvalue weighted by Gasteiger charge is 2.67. The molecule has 3 atom stereocenters. The highest BCUT2D eigenvalue weighted by atomic mass is 32.1. The van der Waals surface area contributed by atoms with Crippen LogP contribution in [0.15, 0.2) is 118 Å². The lowest BCUT2D eigenvalue weighted by atomic mass is 9.47. The SMILES string of the molecule is CCOC(=O)C1=C(C)N=c2s/c(=C/C34c5ccccc5C(c5ccccc53)[C@@H]3C(=O)N(c5ccccc5)C(=O)[C@@H]34)c(=O)n2[C@@H]1c1ccc(C)c([N+](=O)[O-])c1. The number of thiazole rings is 1. The maximum atomic E-state index is 15.0. The van der Waals surface area contributed by atoms with Gasteiger partial charge in [0.1, 0.15) is 0 Å². The van der Waals surface area contributed by atoms with Crippen LogP contribution < -0.4 is 19.8 Å². The smallest absolute Gasteiger partial charge is 0.338 e. The summed E-state index contributed by atoms with van der Waals surface area (Å²) >= 11 is 1.11. The molecule has 0 saturated carbocycles. The number of hydrogen-bond acceptors (Lipinski definition) is 9. The maximum absolute atomic E-state index is 15.0. The number of para-hydroxylation sites is 1. The van der Waals surface area contributed by atoms with E-state index < -0.39 is 39.7 Å². The van der Waals surface area contributed by atoms with Gasteiger partial charge in [-0.3, -0.25) is 29.1 Å². The first-order chi connectivity index (χ1) is 26.1. The molecule has 0 unspecified atom stereocenters. The Bertz CT molecular complexity index is 2670. The number of carbonyl (C=O) groups is 3. The number of hydrogen-bond donors (Lipinski definition) is 0. The van der Waals surface area contributed by atoms with E-state index in [0.717, 1.165) is 33.6 Å². The van der Waals surface area contributed by atoms with E-state index in [1.54, 1.807) is 57.2 Å². The van der Waals surface area contributed by atoms with Crippen LogP contribution in [-0.4, -0.2) is 33.9 Å². The predicted molar refractivity (Wildman–Crippen MR) is 201 cm³/mol. The van der Waals surface area contributed by atoms with Crippen LogP contribution in [0.1, 0.15) is 59.2 Å². The molecule has 3 aliphatic carbocycles. The van der Waals surface area contributed by atoms with Crippen LogP contribution in [0.2, 0.25) is 0 Å². The molecule has 54 heavy (non-hydrogen) atoms. The van der Waals surface area contributed by atoms with E-state index >= 15 is 4.79 Å². The summed E-state index contributed by atoms with van der Waals surface area (Å²) in [5, 5.41) is 12.1. The molecule has 2 bridgehead atoms. The Morgan fingerprint density at radius 2 is 1.57 bits per heavy atom. The zero-order valence-corrected chi connectivity index (χ0v) is 30.2. The number of amides is 2. The van der Waals surface area contributed by atoms with Crippen molar-refractivity contribution in [2.75, 3.05) is 11.5 Å². The lowest BCUT2D eigenvalue weighted by Gasteiger charge is -2.53. The molecule has 3 heterocycles. The first-order valence-electron chi connectivity index (χ1n) is 17.7. The summed E-state index contributed by atoms with van der Waals surface area (Å²) in [5.41, 5.74) is 3.30. The molecule has 5 aromatic rings. The maximum Gasteiger partial charge on any atom is 0.338 e. The van der Waals surface area contributed by atoms with Crippen molar-refractivity contribution in [2.45, 2.75) is 38.1 Å². The molecule has 268 valence electrons. The Morgan fingerprint density at radius 1 is 0.926 bits per heavy atom. The van der Waals surface area contributed by atoms with Crippen molar-refractivity contribution in [2.24, 2.45) is 16.8 Å². The summed E-state index contributed by atoms with van der Waals surface area (Å²) in [6, 6.07) is 28.1. The molecule has 12 heteroatoms. The van der Waals surface area contributed by atoms with Gasteiger partial charge in [-0.05, 0) is 66.8 Å². The molecule has 10 rings (SSSR count). The lowest BCUT2D eigenvalue weighted by Crippen LogP contribution is -2.53. The van der Waals surface area contributed by atoms with Crippen LogP contribution >= 0.6 is 11.3 Å². The van der Waals surface area contributed by atoms with Gasteiger partial charge in [0, 0.05) is 17.5 Å². The number of carbonyl (C=O) groups excluding carboxylic acids is 3. The number of aromatic nitrogens is 1. The number of rotatable bonds is 6. The minimum absolute atomic E-state index is 0.0679.